The molecule has 0 saturated carbocycles. The SMILES string of the molecule is CCN1CCc2nc(C)c(C(C)=O)cc2C1. The minimum Gasteiger partial charge on any atom is -0.299 e. The molecule has 1 aromatic heterocycles. The fraction of sp³-hybridized carbons (Fsp3) is 0.538. The molecule has 0 N–H and O–H groups in total. The number of ketones is 1. The molecule has 0 fully saturated rings. The lowest BCUT2D eigenvalue weighted by Crippen LogP contribution is -2.31. The van der Waals surface area contributed by atoms with E-state index in [1.807, 2.05) is 13.0 Å². The van der Waals surface area contributed by atoms with E-state index in [2.05, 4.69) is 16.8 Å². The quantitative estimate of drug-likeness (QED) is 0.712. The van der Waals surface area contributed by atoms with Crippen molar-refractivity contribution in [3.8, 4) is 0 Å². The van der Waals surface area contributed by atoms with Crippen molar-refractivity contribution >= 4 is 5.78 Å². The van der Waals surface area contributed by atoms with Gasteiger partial charge in [-0.25, -0.2) is 0 Å². The summed E-state index contributed by atoms with van der Waals surface area (Å²) in [6.07, 6.45) is 1.00. The second-order valence-electron chi connectivity index (χ2n) is 4.40. The molecule has 1 aromatic rings. The van der Waals surface area contributed by atoms with Crippen LogP contribution in [0, 0.1) is 6.92 Å². The maximum Gasteiger partial charge on any atom is 0.161 e. The number of nitrogens with zero attached hydrogens (tertiary/aromatic N) is 2. The molecule has 0 amide bonds. The van der Waals surface area contributed by atoms with E-state index in [0.717, 1.165) is 37.3 Å². The van der Waals surface area contributed by atoms with Crippen molar-refractivity contribution in [2.45, 2.75) is 33.7 Å². The second kappa shape index (κ2) is 4.34. The summed E-state index contributed by atoms with van der Waals surface area (Å²) in [7, 11) is 0. The number of aromatic nitrogens is 1. The van der Waals surface area contributed by atoms with E-state index in [9.17, 15) is 4.79 Å². The summed E-state index contributed by atoms with van der Waals surface area (Å²) in [4.78, 5) is 18.4. The topological polar surface area (TPSA) is 33.2 Å². The highest BCUT2D eigenvalue weighted by Gasteiger charge is 2.18. The molecule has 0 aromatic carbocycles. The van der Waals surface area contributed by atoms with Crippen molar-refractivity contribution in [2.75, 3.05) is 13.1 Å². The number of carbonyl (C=O) groups excluding carboxylic acids is 1. The molecule has 0 aliphatic carbocycles. The zero-order valence-electron chi connectivity index (χ0n) is 10.2. The van der Waals surface area contributed by atoms with Gasteiger partial charge in [-0.2, -0.15) is 0 Å². The molecule has 2 rings (SSSR count). The number of fused-ring (bicyclic) bond motifs is 1. The van der Waals surface area contributed by atoms with Crippen LogP contribution in [0.5, 0.6) is 0 Å². The predicted molar refractivity (Wildman–Crippen MR) is 63.6 cm³/mol. The van der Waals surface area contributed by atoms with Gasteiger partial charge < -0.3 is 0 Å². The van der Waals surface area contributed by atoms with Gasteiger partial charge in [0.1, 0.15) is 0 Å². The first kappa shape index (κ1) is 11.3. The molecular formula is C13H18N2O. The molecule has 0 radical (unpaired) electrons. The number of pyridine rings is 1. The zero-order chi connectivity index (χ0) is 11.7. The molecule has 16 heavy (non-hydrogen) atoms. The molecule has 3 heteroatoms. The lowest BCUT2D eigenvalue weighted by Gasteiger charge is -2.27. The molecule has 0 bridgehead atoms. The third kappa shape index (κ3) is 2.00. The Kier molecular flexibility index (Phi) is 3.06. The monoisotopic (exact) mass is 218 g/mol. The first-order chi connectivity index (χ1) is 7.61. The Morgan fingerprint density at radius 3 is 2.94 bits per heavy atom. The van der Waals surface area contributed by atoms with Crippen LogP contribution in [0.1, 0.15) is 41.2 Å². The van der Waals surface area contributed by atoms with Gasteiger partial charge >= 0.3 is 0 Å². The molecule has 0 saturated heterocycles. The average Bonchev–Trinajstić information content (AvgIpc) is 2.27. The van der Waals surface area contributed by atoms with Gasteiger partial charge in [0.15, 0.2) is 5.78 Å². The molecule has 0 atom stereocenters. The van der Waals surface area contributed by atoms with E-state index in [1.54, 1.807) is 6.92 Å². The Hall–Kier alpha value is -1.22. The van der Waals surface area contributed by atoms with Gasteiger partial charge in [-0.1, -0.05) is 6.92 Å². The van der Waals surface area contributed by atoms with Crippen LogP contribution >= 0.6 is 0 Å². The number of aryl methyl sites for hydroxylation is 1. The van der Waals surface area contributed by atoms with Crippen molar-refractivity contribution in [1.82, 2.24) is 9.88 Å². The van der Waals surface area contributed by atoms with Crippen LogP contribution in [0.2, 0.25) is 0 Å². The highest BCUT2D eigenvalue weighted by atomic mass is 16.1. The molecule has 3 nitrogen and oxygen atoms in total. The third-order valence-corrected chi connectivity index (χ3v) is 3.27. The summed E-state index contributed by atoms with van der Waals surface area (Å²) in [5.74, 6) is 0.112. The van der Waals surface area contributed by atoms with Gasteiger partial charge in [-0.15, -0.1) is 0 Å². The van der Waals surface area contributed by atoms with Crippen LogP contribution in [0.3, 0.4) is 0 Å². The number of likely N-dealkylation sites (N-methyl/N-ethyl adjacent to an activating group) is 1. The van der Waals surface area contributed by atoms with E-state index in [1.165, 1.54) is 11.3 Å². The summed E-state index contributed by atoms with van der Waals surface area (Å²) in [6, 6.07) is 2.03. The van der Waals surface area contributed by atoms with Crippen molar-refractivity contribution in [3.05, 3.63) is 28.6 Å². The zero-order valence-corrected chi connectivity index (χ0v) is 10.2. The summed E-state index contributed by atoms with van der Waals surface area (Å²) in [6.45, 7) is 8.76. The summed E-state index contributed by atoms with van der Waals surface area (Å²) >= 11 is 0. The number of hydrogen-bond acceptors (Lipinski definition) is 3. The summed E-state index contributed by atoms with van der Waals surface area (Å²) in [5.41, 5.74) is 4.05. The highest BCUT2D eigenvalue weighted by Crippen LogP contribution is 2.20. The normalized spacial score (nSPS) is 15.9. The molecular weight excluding hydrogens is 200 g/mol. The molecule has 1 aliphatic rings. The van der Waals surface area contributed by atoms with E-state index < -0.39 is 0 Å². The second-order valence-corrected chi connectivity index (χ2v) is 4.40. The van der Waals surface area contributed by atoms with Crippen molar-refractivity contribution in [2.24, 2.45) is 0 Å². The third-order valence-electron chi connectivity index (χ3n) is 3.27. The van der Waals surface area contributed by atoms with Crippen LogP contribution in [0.4, 0.5) is 0 Å². The van der Waals surface area contributed by atoms with Crippen molar-refractivity contribution < 1.29 is 4.79 Å². The van der Waals surface area contributed by atoms with Gasteiger partial charge in [0.25, 0.3) is 0 Å². The van der Waals surface area contributed by atoms with Crippen molar-refractivity contribution in [1.29, 1.82) is 0 Å². The smallest absolute Gasteiger partial charge is 0.161 e. The fourth-order valence-electron chi connectivity index (χ4n) is 2.26. The van der Waals surface area contributed by atoms with Crippen LogP contribution in [0.25, 0.3) is 0 Å². The minimum absolute atomic E-state index is 0.112. The Labute approximate surface area is 96.5 Å². The Bertz CT molecular complexity index is 426. The van der Waals surface area contributed by atoms with Gasteiger partial charge in [0.05, 0.1) is 0 Å². The van der Waals surface area contributed by atoms with E-state index in [4.69, 9.17) is 0 Å². The fourth-order valence-corrected chi connectivity index (χ4v) is 2.26. The van der Waals surface area contributed by atoms with Crippen LogP contribution < -0.4 is 0 Å². The molecule has 86 valence electrons. The Balaban J connectivity index is 2.39. The van der Waals surface area contributed by atoms with Gasteiger partial charge in [0, 0.05) is 36.5 Å². The van der Waals surface area contributed by atoms with Gasteiger partial charge in [-0.3, -0.25) is 14.7 Å². The van der Waals surface area contributed by atoms with Crippen LogP contribution in [-0.2, 0) is 13.0 Å². The van der Waals surface area contributed by atoms with E-state index >= 15 is 0 Å². The molecule has 2 heterocycles. The van der Waals surface area contributed by atoms with Gasteiger partial charge in [-0.05, 0) is 32.0 Å². The molecule has 1 aliphatic heterocycles. The Morgan fingerprint density at radius 1 is 1.56 bits per heavy atom. The maximum absolute atomic E-state index is 11.4. The van der Waals surface area contributed by atoms with Crippen LogP contribution in [-0.4, -0.2) is 28.8 Å². The number of rotatable bonds is 2. The standard InChI is InChI=1S/C13H18N2O/c1-4-15-6-5-13-11(8-15)7-12(10(3)16)9(2)14-13/h7H,4-6,8H2,1-3H3. The number of Topliss-reactive ketones (excluding diaryl/α,β-unsaturated/α-hetero) is 1. The lowest BCUT2D eigenvalue weighted by molar-refractivity contribution is 0.101. The van der Waals surface area contributed by atoms with Gasteiger partial charge in [0.2, 0.25) is 0 Å². The highest BCUT2D eigenvalue weighted by molar-refractivity contribution is 5.95. The summed E-state index contributed by atoms with van der Waals surface area (Å²) in [5, 5.41) is 0. The average molecular weight is 218 g/mol. The largest absolute Gasteiger partial charge is 0.299 e. The van der Waals surface area contributed by atoms with Crippen LogP contribution in [0.15, 0.2) is 6.07 Å². The molecule has 0 unspecified atom stereocenters. The van der Waals surface area contributed by atoms with Crippen molar-refractivity contribution in [3.63, 3.8) is 0 Å². The van der Waals surface area contributed by atoms with E-state index in [0.29, 0.717) is 0 Å². The lowest BCUT2D eigenvalue weighted by atomic mass is 10.0. The Morgan fingerprint density at radius 2 is 2.31 bits per heavy atom. The number of carbonyl (C=O) groups is 1. The first-order valence-corrected chi connectivity index (χ1v) is 5.84. The predicted octanol–water partition coefficient (Wildman–Crippen LogP) is 1.97. The summed E-state index contributed by atoms with van der Waals surface area (Å²) < 4.78 is 0. The van der Waals surface area contributed by atoms with E-state index in [-0.39, 0.29) is 5.78 Å². The first-order valence-electron chi connectivity index (χ1n) is 5.84. The molecule has 0 spiro atoms. The maximum atomic E-state index is 11.4. The minimum atomic E-state index is 0.112. The number of hydrogen-bond donors (Lipinski definition) is 0.